The molecule has 92 valence electrons. The van der Waals surface area contributed by atoms with Crippen molar-refractivity contribution < 1.29 is 0 Å². The lowest BCUT2D eigenvalue weighted by molar-refractivity contribution is 1.06. The second-order valence-corrected chi connectivity index (χ2v) is 5.76. The van der Waals surface area contributed by atoms with E-state index in [0.717, 1.165) is 4.88 Å². The van der Waals surface area contributed by atoms with Gasteiger partial charge < -0.3 is 0 Å². The number of nitrogens with zero attached hydrogens (tertiary/aromatic N) is 2. The van der Waals surface area contributed by atoms with Crippen LogP contribution in [0.1, 0.15) is 16.4 Å². The number of aromatic nitrogens is 1. The summed E-state index contributed by atoms with van der Waals surface area (Å²) in [6.45, 7) is 0. The minimum atomic E-state index is -0.608. The van der Waals surface area contributed by atoms with E-state index in [4.69, 9.17) is 46.4 Å². The molecule has 1 atom stereocenters. The molecular formula is C11H4Cl4N2S. The number of halogens is 4. The van der Waals surface area contributed by atoms with E-state index < -0.39 is 5.92 Å². The fourth-order valence-corrected chi connectivity index (χ4v) is 3.22. The maximum atomic E-state index is 9.31. The third kappa shape index (κ3) is 2.45. The Morgan fingerprint density at radius 3 is 2.22 bits per heavy atom. The third-order valence-corrected chi connectivity index (χ3v) is 4.72. The average molecular weight is 338 g/mol. The van der Waals surface area contributed by atoms with Crippen LogP contribution >= 0.6 is 57.7 Å². The van der Waals surface area contributed by atoms with Crippen molar-refractivity contribution in [1.82, 2.24) is 4.98 Å². The molecule has 0 bridgehead atoms. The summed E-state index contributed by atoms with van der Waals surface area (Å²) in [7, 11) is 0. The van der Waals surface area contributed by atoms with Gasteiger partial charge in [-0.2, -0.15) is 5.26 Å². The minimum Gasteiger partial charge on any atom is -0.221 e. The molecule has 2 aromatic heterocycles. The van der Waals surface area contributed by atoms with E-state index in [1.165, 1.54) is 11.3 Å². The summed E-state index contributed by atoms with van der Waals surface area (Å²) >= 11 is 25.3. The van der Waals surface area contributed by atoms with Crippen LogP contribution in [0.15, 0.2) is 17.5 Å². The molecule has 0 aliphatic rings. The molecule has 2 heterocycles. The molecule has 2 rings (SSSR count). The van der Waals surface area contributed by atoms with Crippen LogP contribution in [0.25, 0.3) is 0 Å². The molecule has 0 aliphatic carbocycles. The number of rotatable bonds is 2. The fourth-order valence-electron chi connectivity index (χ4n) is 1.48. The van der Waals surface area contributed by atoms with Crippen LogP contribution in [0, 0.1) is 11.3 Å². The highest BCUT2D eigenvalue weighted by Crippen LogP contribution is 2.42. The van der Waals surface area contributed by atoms with Gasteiger partial charge in [-0.1, -0.05) is 52.5 Å². The molecule has 0 saturated carbocycles. The van der Waals surface area contributed by atoms with Gasteiger partial charge in [-0.25, -0.2) is 4.98 Å². The minimum absolute atomic E-state index is 0.0397. The maximum Gasteiger partial charge on any atom is 0.149 e. The first-order valence-electron chi connectivity index (χ1n) is 4.69. The van der Waals surface area contributed by atoms with Gasteiger partial charge in [0.15, 0.2) is 0 Å². The van der Waals surface area contributed by atoms with Crippen LogP contribution < -0.4 is 0 Å². The van der Waals surface area contributed by atoms with Crippen molar-refractivity contribution in [2.75, 3.05) is 0 Å². The standard InChI is InChI=1S/C11H4Cl4N2S/c12-8-7(9(13)11(15)17-10(8)14)5(4-16)6-2-1-3-18-6/h1-3,5H. The van der Waals surface area contributed by atoms with Crippen molar-refractivity contribution in [2.45, 2.75) is 5.92 Å². The van der Waals surface area contributed by atoms with E-state index in [-0.39, 0.29) is 20.4 Å². The summed E-state index contributed by atoms with van der Waals surface area (Å²) < 4.78 is 0. The van der Waals surface area contributed by atoms with Gasteiger partial charge >= 0.3 is 0 Å². The molecule has 0 aliphatic heterocycles. The first-order valence-corrected chi connectivity index (χ1v) is 7.08. The molecule has 2 nitrogen and oxygen atoms in total. The predicted octanol–water partition coefficient (Wildman–Crippen LogP) is 5.41. The number of thiophene rings is 1. The van der Waals surface area contributed by atoms with E-state index in [2.05, 4.69) is 11.1 Å². The summed E-state index contributed by atoms with van der Waals surface area (Å²) in [4.78, 5) is 4.61. The van der Waals surface area contributed by atoms with Crippen LogP contribution in [0.3, 0.4) is 0 Å². The van der Waals surface area contributed by atoms with Crippen LogP contribution in [0.4, 0.5) is 0 Å². The van der Waals surface area contributed by atoms with Gasteiger partial charge in [-0.05, 0) is 11.4 Å². The van der Waals surface area contributed by atoms with Crippen LogP contribution in [-0.4, -0.2) is 4.98 Å². The number of nitriles is 1. The smallest absolute Gasteiger partial charge is 0.149 e. The molecule has 0 radical (unpaired) electrons. The monoisotopic (exact) mass is 336 g/mol. The Morgan fingerprint density at radius 2 is 1.78 bits per heavy atom. The van der Waals surface area contributed by atoms with Gasteiger partial charge in [0, 0.05) is 10.4 Å². The Morgan fingerprint density at radius 1 is 1.17 bits per heavy atom. The number of pyridine rings is 1. The molecule has 7 heteroatoms. The van der Waals surface area contributed by atoms with Crippen LogP contribution in [0.2, 0.25) is 20.4 Å². The predicted molar refractivity (Wildman–Crippen MR) is 76.1 cm³/mol. The summed E-state index contributed by atoms with van der Waals surface area (Å²) in [5, 5.41) is 11.6. The van der Waals surface area contributed by atoms with E-state index in [0.29, 0.717) is 5.56 Å². The zero-order valence-electron chi connectivity index (χ0n) is 8.62. The molecule has 0 aromatic carbocycles. The highest BCUT2D eigenvalue weighted by atomic mass is 35.5. The highest BCUT2D eigenvalue weighted by molar-refractivity contribution is 7.10. The van der Waals surface area contributed by atoms with Crippen molar-refractivity contribution in [3.05, 3.63) is 48.3 Å². The highest BCUT2D eigenvalue weighted by Gasteiger charge is 2.25. The van der Waals surface area contributed by atoms with Crippen molar-refractivity contribution in [3.63, 3.8) is 0 Å². The zero-order valence-corrected chi connectivity index (χ0v) is 12.5. The first kappa shape index (κ1) is 13.9. The molecule has 0 spiro atoms. The molecular weight excluding hydrogens is 334 g/mol. The zero-order chi connectivity index (χ0) is 13.3. The van der Waals surface area contributed by atoms with Crippen molar-refractivity contribution in [1.29, 1.82) is 5.26 Å². The Hall–Kier alpha value is -0.500. The quantitative estimate of drug-likeness (QED) is 0.687. The molecule has 2 aromatic rings. The molecule has 0 fully saturated rings. The Kier molecular flexibility index (Phi) is 4.37. The second kappa shape index (κ2) is 5.64. The van der Waals surface area contributed by atoms with Gasteiger partial charge in [0.25, 0.3) is 0 Å². The lowest BCUT2D eigenvalue weighted by Gasteiger charge is -2.13. The van der Waals surface area contributed by atoms with Gasteiger partial charge in [0.2, 0.25) is 0 Å². The normalized spacial score (nSPS) is 12.2. The summed E-state index contributed by atoms with van der Waals surface area (Å²) in [6, 6.07) is 5.82. The summed E-state index contributed by atoms with van der Waals surface area (Å²) in [5.74, 6) is -0.608. The van der Waals surface area contributed by atoms with Crippen LogP contribution in [0.5, 0.6) is 0 Å². The largest absolute Gasteiger partial charge is 0.221 e. The Balaban J connectivity index is 2.67. The van der Waals surface area contributed by atoms with Gasteiger partial charge in [0.05, 0.1) is 16.1 Å². The van der Waals surface area contributed by atoms with Crippen molar-refractivity contribution in [2.24, 2.45) is 0 Å². The lowest BCUT2D eigenvalue weighted by atomic mass is 10.00. The Labute approximate surface area is 128 Å². The SMILES string of the molecule is N#CC(c1cccs1)c1c(Cl)c(Cl)nc(Cl)c1Cl. The third-order valence-electron chi connectivity index (χ3n) is 2.28. The Bertz CT molecular complexity index is 593. The fraction of sp³-hybridized carbons (Fsp3) is 0.0909. The molecule has 0 N–H and O–H groups in total. The molecule has 1 unspecified atom stereocenters. The summed E-state index contributed by atoms with van der Waals surface area (Å²) in [5.41, 5.74) is 0.397. The van der Waals surface area contributed by atoms with Crippen LogP contribution in [-0.2, 0) is 0 Å². The van der Waals surface area contributed by atoms with E-state index in [9.17, 15) is 5.26 Å². The van der Waals surface area contributed by atoms with E-state index >= 15 is 0 Å². The summed E-state index contributed by atoms with van der Waals surface area (Å²) in [6.07, 6.45) is 0. The molecule has 18 heavy (non-hydrogen) atoms. The second-order valence-electron chi connectivity index (χ2n) is 3.31. The van der Waals surface area contributed by atoms with Crippen molar-refractivity contribution >= 4 is 57.7 Å². The molecule has 0 amide bonds. The molecule has 0 saturated heterocycles. The number of hydrogen-bond acceptors (Lipinski definition) is 3. The van der Waals surface area contributed by atoms with E-state index in [1.54, 1.807) is 0 Å². The lowest BCUT2D eigenvalue weighted by Crippen LogP contribution is -2.00. The average Bonchev–Trinajstić information content (AvgIpc) is 2.85. The van der Waals surface area contributed by atoms with Gasteiger partial charge in [-0.3, -0.25) is 0 Å². The maximum absolute atomic E-state index is 9.31. The first-order chi connectivity index (χ1) is 8.56. The van der Waals surface area contributed by atoms with Gasteiger partial charge in [0.1, 0.15) is 16.2 Å². The number of hydrogen-bond donors (Lipinski definition) is 0. The van der Waals surface area contributed by atoms with Crippen molar-refractivity contribution in [3.8, 4) is 6.07 Å². The van der Waals surface area contributed by atoms with Gasteiger partial charge in [-0.15, -0.1) is 11.3 Å². The van der Waals surface area contributed by atoms with E-state index in [1.807, 2.05) is 17.5 Å². The topological polar surface area (TPSA) is 36.7 Å².